The van der Waals surface area contributed by atoms with Crippen molar-refractivity contribution in [3.8, 4) is 0 Å². The van der Waals surface area contributed by atoms with E-state index in [1.165, 1.54) is 19.3 Å². The van der Waals surface area contributed by atoms with Crippen molar-refractivity contribution in [3.63, 3.8) is 0 Å². The van der Waals surface area contributed by atoms with Gasteiger partial charge in [0.2, 0.25) is 0 Å². The second-order valence-corrected chi connectivity index (χ2v) is 1.72. The summed E-state index contributed by atoms with van der Waals surface area (Å²) in [5.41, 5.74) is 0. The molecule has 44 valence electrons. The van der Waals surface area contributed by atoms with Gasteiger partial charge in [-0.3, -0.25) is 0 Å². The topological polar surface area (TPSA) is 0 Å². The third-order valence-corrected chi connectivity index (χ3v) is 0.642. The maximum atomic E-state index is 3.60. The molecule has 0 amide bonds. The normalized spacial score (nSPS) is 12.8. The molecule has 0 heterocycles. The van der Waals surface area contributed by atoms with Crippen LogP contribution in [0.5, 0.6) is 0 Å². The van der Waals surface area contributed by atoms with E-state index in [9.17, 15) is 0 Å². The summed E-state index contributed by atoms with van der Waals surface area (Å²) in [4.78, 5) is 0. The minimum atomic E-state index is 0. The van der Waals surface area contributed by atoms with Gasteiger partial charge < -0.3 is 13.3 Å². The van der Waals surface area contributed by atoms with Crippen LogP contribution in [0, 0.1) is 13.3 Å². The fraction of sp³-hybridized carbons (Fsp3) is 0.714. The first-order valence-corrected chi connectivity index (χ1v) is 3.02. The average molecular weight is 122 g/mol. The zero-order chi connectivity index (χ0) is 5.54. The van der Waals surface area contributed by atoms with Gasteiger partial charge >= 0.3 is 23.1 Å². The summed E-state index contributed by atoms with van der Waals surface area (Å²) in [5, 5.41) is 0. The molecule has 1 saturated carbocycles. The molecule has 0 aromatic rings. The minimum Gasteiger partial charge on any atom is -0.343 e. The van der Waals surface area contributed by atoms with Gasteiger partial charge in [-0.05, 0) is 0 Å². The molecule has 0 aliphatic heterocycles. The van der Waals surface area contributed by atoms with Gasteiger partial charge in [-0.2, -0.15) is 6.42 Å². The third kappa shape index (κ3) is 29.4. The first kappa shape index (κ1) is 11.5. The Morgan fingerprint density at radius 3 is 1.75 bits per heavy atom. The molecule has 1 fully saturated rings. The fourth-order valence-corrected chi connectivity index (χ4v) is 0. The van der Waals surface area contributed by atoms with E-state index >= 15 is 0 Å². The van der Waals surface area contributed by atoms with E-state index in [0.717, 1.165) is 6.42 Å². The third-order valence-electron chi connectivity index (χ3n) is 0.642. The Kier molecular flexibility index (Phi) is 15.4. The molecule has 1 heteroatoms. The largest absolute Gasteiger partial charge is 2.00 e. The van der Waals surface area contributed by atoms with E-state index < -0.39 is 0 Å². The van der Waals surface area contributed by atoms with Gasteiger partial charge in [-0.1, -0.05) is 13.3 Å². The summed E-state index contributed by atoms with van der Waals surface area (Å²) >= 11 is 0. The van der Waals surface area contributed by atoms with Gasteiger partial charge in [0.15, 0.2) is 0 Å². The smallest absolute Gasteiger partial charge is 0.343 e. The van der Waals surface area contributed by atoms with E-state index in [-0.39, 0.29) is 23.1 Å². The molecule has 0 radical (unpaired) electrons. The molecule has 0 saturated heterocycles. The van der Waals surface area contributed by atoms with Crippen LogP contribution in [0.1, 0.15) is 32.6 Å². The maximum Gasteiger partial charge on any atom is 2.00 e. The minimum absolute atomic E-state index is 0. The number of unbranched alkanes of at least 4 members (excludes halogenated alkanes) is 1. The van der Waals surface area contributed by atoms with Crippen molar-refractivity contribution >= 4 is 23.1 Å². The van der Waals surface area contributed by atoms with Crippen LogP contribution in [0.25, 0.3) is 0 Å². The van der Waals surface area contributed by atoms with E-state index in [2.05, 4.69) is 20.3 Å². The summed E-state index contributed by atoms with van der Waals surface area (Å²) in [6.07, 6.45) is 7.28. The van der Waals surface area contributed by atoms with Crippen LogP contribution in [0.15, 0.2) is 0 Å². The van der Waals surface area contributed by atoms with Gasteiger partial charge in [-0.15, -0.1) is 0 Å². The first-order chi connectivity index (χ1) is 3.41. The molecule has 1 aliphatic rings. The van der Waals surface area contributed by atoms with Crippen LogP contribution in [-0.2, 0) is 0 Å². The Bertz CT molecular complexity index is 20.8. The van der Waals surface area contributed by atoms with Crippen LogP contribution in [-0.4, -0.2) is 23.1 Å². The standard InChI is InChI=1S/C4H9.C3H5.Mg/c1-3-4-2;1-2-3-1;/h1,3-4H2,2H3;1H,2-3H2;/q2*-1;+2. The Balaban J connectivity index is 0. The van der Waals surface area contributed by atoms with Gasteiger partial charge in [0.25, 0.3) is 0 Å². The van der Waals surface area contributed by atoms with Crippen molar-refractivity contribution < 1.29 is 0 Å². The molecule has 1 aliphatic carbocycles. The summed E-state index contributed by atoms with van der Waals surface area (Å²) < 4.78 is 0. The molecule has 0 N–H and O–H groups in total. The van der Waals surface area contributed by atoms with E-state index in [0.29, 0.717) is 0 Å². The van der Waals surface area contributed by atoms with Crippen molar-refractivity contribution in [3.05, 3.63) is 13.3 Å². The van der Waals surface area contributed by atoms with Crippen LogP contribution in [0.4, 0.5) is 0 Å². The predicted molar refractivity (Wildman–Crippen MR) is 39.6 cm³/mol. The molecule has 8 heavy (non-hydrogen) atoms. The molecule has 0 nitrogen and oxygen atoms in total. The summed E-state index contributed by atoms with van der Waals surface area (Å²) in [5.74, 6) is 0. The second kappa shape index (κ2) is 10.7. The Labute approximate surface area is 69.2 Å². The number of rotatable bonds is 1. The van der Waals surface area contributed by atoms with Crippen LogP contribution in [0.3, 0.4) is 0 Å². The van der Waals surface area contributed by atoms with Gasteiger partial charge in [-0.25, -0.2) is 12.8 Å². The Morgan fingerprint density at radius 2 is 1.75 bits per heavy atom. The molecule has 1 rings (SSSR count). The Hall–Kier alpha value is 0.766. The van der Waals surface area contributed by atoms with Gasteiger partial charge in [0.05, 0.1) is 0 Å². The van der Waals surface area contributed by atoms with Crippen molar-refractivity contribution in [2.75, 3.05) is 0 Å². The van der Waals surface area contributed by atoms with E-state index in [4.69, 9.17) is 0 Å². The van der Waals surface area contributed by atoms with Crippen molar-refractivity contribution in [2.24, 2.45) is 0 Å². The van der Waals surface area contributed by atoms with Crippen LogP contribution >= 0.6 is 0 Å². The van der Waals surface area contributed by atoms with Crippen LogP contribution < -0.4 is 0 Å². The predicted octanol–water partition coefficient (Wildman–Crippen LogP) is 2.22. The first-order valence-electron chi connectivity index (χ1n) is 3.02. The quantitative estimate of drug-likeness (QED) is 0.370. The zero-order valence-electron chi connectivity index (χ0n) is 5.82. The molecule has 0 unspecified atom stereocenters. The summed E-state index contributed by atoms with van der Waals surface area (Å²) in [7, 11) is 0. The van der Waals surface area contributed by atoms with E-state index in [1.807, 2.05) is 0 Å². The molecule has 0 bridgehead atoms. The molecule has 0 atom stereocenters. The monoisotopic (exact) mass is 122 g/mol. The molecular formula is C7H14Mg. The summed E-state index contributed by atoms with van der Waals surface area (Å²) in [6, 6.07) is 0. The van der Waals surface area contributed by atoms with Crippen LogP contribution in [0.2, 0.25) is 0 Å². The SMILES string of the molecule is [CH-]1CC1.[CH2-]CCC.[Mg+2]. The number of hydrogen-bond acceptors (Lipinski definition) is 0. The Morgan fingerprint density at radius 1 is 1.50 bits per heavy atom. The number of hydrogen-bond donors (Lipinski definition) is 0. The molecule has 0 aromatic heterocycles. The maximum absolute atomic E-state index is 3.60. The fourth-order valence-electron chi connectivity index (χ4n) is 0. The molecule has 0 aromatic carbocycles. The van der Waals surface area contributed by atoms with Crippen molar-refractivity contribution in [1.82, 2.24) is 0 Å². The van der Waals surface area contributed by atoms with Gasteiger partial charge in [0.1, 0.15) is 0 Å². The molecular weight excluding hydrogens is 108 g/mol. The summed E-state index contributed by atoms with van der Waals surface area (Å²) in [6.45, 7) is 5.72. The van der Waals surface area contributed by atoms with E-state index in [1.54, 1.807) is 0 Å². The molecule has 0 spiro atoms. The van der Waals surface area contributed by atoms with Gasteiger partial charge in [0, 0.05) is 0 Å². The van der Waals surface area contributed by atoms with Crippen molar-refractivity contribution in [2.45, 2.75) is 32.6 Å². The average Bonchev–Trinajstić information content (AvgIpc) is 2.47. The zero-order valence-corrected chi connectivity index (χ0v) is 7.23. The second-order valence-electron chi connectivity index (χ2n) is 1.72. The van der Waals surface area contributed by atoms with Crippen molar-refractivity contribution in [1.29, 1.82) is 0 Å².